The van der Waals surface area contributed by atoms with Crippen LogP contribution in [-0.4, -0.2) is 72.2 Å². The van der Waals surface area contributed by atoms with Crippen LogP contribution in [0.25, 0.3) is 0 Å². The van der Waals surface area contributed by atoms with Gasteiger partial charge in [-0.05, 0) is 33.2 Å². The van der Waals surface area contributed by atoms with Crippen molar-refractivity contribution in [2.24, 2.45) is 5.92 Å². The predicted octanol–water partition coefficient (Wildman–Crippen LogP) is 1.10. The lowest BCUT2D eigenvalue weighted by Gasteiger charge is -2.40. The number of aliphatic carboxylic acids is 1. The lowest BCUT2D eigenvalue weighted by atomic mass is 9.93. The Balaban J connectivity index is 2.46. The standard InChI is InChI=1S/C15H31N3O2/c1-12(2)11-17-6-8-18(9-7-17)13(3)10-15(4,16-5)14(19)20/h12-13,16H,6-11H2,1-5H3,(H,19,20). The molecular weight excluding hydrogens is 254 g/mol. The number of piperazine rings is 1. The zero-order valence-electron chi connectivity index (χ0n) is 13.6. The van der Waals surface area contributed by atoms with Crippen molar-refractivity contribution in [3.8, 4) is 0 Å². The van der Waals surface area contributed by atoms with Gasteiger partial charge in [-0.15, -0.1) is 0 Å². The first-order chi connectivity index (χ1) is 9.28. The summed E-state index contributed by atoms with van der Waals surface area (Å²) in [6.07, 6.45) is 0.628. The summed E-state index contributed by atoms with van der Waals surface area (Å²) in [4.78, 5) is 16.3. The third kappa shape index (κ3) is 4.72. The van der Waals surface area contributed by atoms with Crippen molar-refractivity contribution >= 4 is 5.97 Å². The molecule has 0 aromatic carbocycles. The van der Waals surface area contributed by atoms with Crippen molar-refractivity contribution in [3.05, 3.63) is 0 Å². The second-order valence-corrected chi connectivity index (χ2v) is 6.67. The summed E-state index contributed by atoms with van der Waals surface area (Å²) in [5, 5.41) is 12.3. The maximum absolute atomic E-state index is 11.4. The topological polar surface area (TPSA) is 55.8 Å². The number of nitrogens with zero attached hydrogens (tertiary/aromatic N) is 2. The molecule has 2 atom stereocenters. The number of nitrogens with one attached hydrogen (secondary N) is 1. The first-order valence-electron chi connectivity index (χ1n) is 7.67. The van der Waals surface area contributed by atoms with Gasteiger partial charge in [0.2, 0.25) is 0 Å². The minimum absolute atomic E-state index is 0.282. The van der Waals surface area contributed by atoms with E-state index in [0.29, 0.717) is 12.3 Å². The van der Waals surface area contributed by atoms with Gasteiger partial charge in [0.1, 0.15) is 5.54 Å². The molecule has 0 aliphatic carbocycles. The average molecular weight is 285 g/mol. The van der Waals surface area contributed by atoms with Crippen molar-refractivity contribution in [2.75, 3.05) is 39.8 Å². The van der Waals surface area contributed by atoms with Crippen LogP contribution in [0.4, 0.5) is 0 Å². The fourth-order valence-electron chi connectivity index (χ4n) is 2.92. The lowest BCUT2D eigenvalue weighted by molar-refractivity contribution is -0.144. The van der Waals surface area contributed by atoms with Gasteiger partial charge in [-0.3, -0.25) is 9.69 Å². The second-order valence-electron chi connectivity index (χ2n) is 6.67. The molecule has 1 saturated heterocycles. The molecule has 1 fully saturated rings. The van der Waals surface area contributed by atoms with Crippen LogP contribution in [0.3, 0.4) is 0 Å². The van der Waals surface area contributed by atoms with Gasteiger partial charge in [0.05, 0.1) is 0 Å². The predicted molar refractivity (Wildman–Crippen MR) is 82.0 cm³/mol. The van der Waals surface area contributed by atoms with Crippen LogP contribution in [0.1, 0.15) is 34.1 Å². The highest BCUT2D eigenvalue weighted by atomic mass is 16.4. The summed E-state index contributed by atoms with van der Waals surface area (Å²) in [6.45, 7) is 13.8. The average Bonchev–Trinajstić information content (AvgIpc) is 2.38. The van der Waals surface area contributed by atoms with Crippen LogP contribution in [-0.2, 0) is 4.79 Å². The summed E-state index contributed by atoms with van der Waals surface area (Å²) < 4.78 is 0. The molecule has 2 unspecified atom stereocenters. The van der Waals surface area contributed by atoms with Gasteiger partial charge >= 0.3 is 5.97 Å². The van der Waals surface area contributed by atoms with Crippen LogP contribution in [0.5, 0.6) is 0 Å². The quantitative estimate of drug-likeness (QED) is 0.734. The largest absolute Gasteiger partial charge is 0.480 e. The van der Waals surface area contributed by atoms with E-state index in [9.17, 15) is 9.90 Å². The SMILES string of the molecule is CNC(C)(CC(C)N1CCN(CC(C)C)CC1)C(=O)O. The van der Waals surface area contributed by atoms with Crippen LogP contribution >= 0.6 is 0 Å². The normalized spacial score (nSPS) is 22.7. The van der Waals surface area contributed by atoms with Crippen LogP contribution in [0.15, 0.2) is 0 Å². The van der Waals surface area contributed by atoms with Gasteiger partial charge in [0.15, 0.2) is 0 Å². The van der Waals surface area contributed by atoms with Crippen LogP contribution in [0, 0.1) is 5.92 Å². The molecule has 0 saturated carbocycles. The maximum atomic E-state index is 11.4. The molecule has 1 heterocycles. The van der Waals surface area contributed by atoms with E-state index in [-0.39, 0.29) is 6.04 Å². The van der Waals surface area contributed by atoms with Gasteiger partial charge < -0.3 is 15.3 Å². The van der Waals surface area contributed by atoms with E-state index in [2.05, 4.69) is 35.9 Å². The number of rotatable bonds is 7. The van der Waals surface area contributed by atoms with Crippen molar-refractivity contribution < 1.29 is 9.90 Å². The Labute approximate surface area is 123 Å². The zero-order chi connectivity index (χ0) is 15.3. The van der Waals surface area contributed by atoms with E-state index in [1.807, 2.05) is 0 Å². The number of carbonyl (C=O) groups is 1. The molecule has 20 heavy (non-hydrogen) atoms. The zero-order valence-corrected chi connectivity index (χ0v) is 13.6. The molecule has 0 spiro atoms. The van der Waals surface area contributed by atoms with Gasteiger partial charge in [0.25, 0.3) is 0 Å². The third-order valence-electron chi connectivity index (χ3n) is 4.38. The lowest BCUT2D eigenvalue weighted by Crippen LogP contribution is -2.55. The van der Waals surface area contributed by atoms with E-state index in [0.717, 1.165) is 32.7 Å². The molecule has 0 aromatic rings. The highest BCUT2D eigenvalue weighted by Crippen LogP contribution is 2.18. The molecule has 5 nitrogen and oxygen atoms in total. The van der Waals surface area contributed by atoms with Gasteiger partial charge in [-0.1, -0.05) is 13.8 Å². The minimum Gasteiger partial charge on any atom is -0.480 e. The Morgan fingerprint density at radius 2 is 1.80 bits per heavy atom. The smallest absolute Gasteiger partial charge is 0.323 e. The van der Waals surface area contributed by atoms with E-state index in [1.54, 1.807) is 14.0 Å². The number of carboxylic acids is 1. The van der Waals surface area contributed by atoms with E-state index in [4.69, 9.17) is 0 Å². The molecule has 0 amide bonds. The molecule has 2 N–H and O–H groups in total. The Bertz CT molecular complexity index is 314. The molecule has 1 aliphatic heterocycles. The van der Waals surface area contributed by atoms with Gasteiger partial charge in [0, 0.05) is 38.8 Å². The first-order valence-corrected chi connectivity index (χ1v) is 7.67. The number of hydrogen-bond acceptors (Lipinski definition) is 4. The Hall–Kier alpha value is -0.650. The van der Waals surface area contributed by atoms with Crippen LogP contribution < -0.4 is 5.32 Å². The highest BCUT2D eigenvalue weighted by Gasteiger charge is 2.35. The van der Waals surface area contributed by atoms with Crippen molar-refractivity contribution in [1.82, 2.24) is 15.1 Å². The summed E-state index contributed by atoms with van der Waals surface area (Å²) in [6, 6.07) is 0.282. The molecular formula is C15H31N3O2. The Morgan fingerprint density at radius 1 is 1.25 bits per heavy atom. The van der Waals surface area contributed by atoms with Crippen molar-refractivity contribution in [2.45, 2.75) is 45.7 Å². The Morgan fingerprint density at radius 3 is 2.20 bits per heavy atom. The first kappa shape index (κ1) is 17.4. The van der Waals surface area contributed by atoms with Crippen molar-refractivity contribution in [1.29, 1.82) is 0 Å². The number of likely N-dealkylation sites (N-methyl/N-ethyl adjacent to an activating group) is 1. The second kappa shape index (κ2) is 7.38. The van der Waals surface area contributed by atoms with E-state index < -0.39 is 11.5 Å². The Kier molecular flexibility index (Phi) is 6.43. The number of hydrogen-bond donors (Lipinski definition) is 2. The summed E-state index contributed by atoms with van der Waals surface area (Å²) in [5.41, 5.74) is -0.839. The van der Waals surface area contributed by atoms with Crippen LogP contribution in [0.2, 0.25) is 0 Å². The highest BCUT2D eigenvalue weighted by molar-refractivity contribution is 5.78. The number of carboxylic acid groups (broad SMARTS) is 1. The minimum atomic E-state index is -0.839. The molecule has 1 aliphatic rings. The summed E-state index contributed by atoms with van der Waals surface area (Å²) in [5.74, 6) is -0.0659. The molecule has 1 rings (SSSR count). The fraction of sp³-hybridized carbons (Fsp3) is 0.933. The molecule has 118 valence electrons. The summed E-state index contributed by atoms with van der Waals surface area (Å²) in [7, 11) is 1.72. The maximum Gasteiger partial charge on any atom is 0.323 e. The van der Waals surface area contributed by atoms with Gasteiger partial charge in [-0.2, -0.15) is 0 Å². The monoisotopic (exact) mass is 285 g/mol. The fourth-order valence-corrected chi connectivity index (χ4v) is 2.92. The van der Waals surface area contributed by atoms with Gasteiger partial charge in [-0.25, -0.2) is 0 Å². The van der Waals surface area contributed by atoms with E-state index in [1.165, 1.54) is 0 Å². The molecule has 0 aromatic heterocycles. The van der Waals surface area contributed by atoms with Crippen molar-refractivity contribution in [3.63, 3.8) is 0 Å². The molecule has 0 bridgehead atoms. The molecule has 0 radical (unpaired) electrons. The van der Waals surface area contributed by atoms with E-state index >= 15 is 0 Å². The summed E-state index contributed by atoms with van der Waals surface area (Å²) >= 11 is 0. The third-order valence-corrected chi connectivity index (χ3v) is 4.38. The molecule has 5 heteroatoms.